The van der Waals surface area contributed by atoms with Crippen molar-refractivity contribution < 1.29 is 57.7 Å². The summed E-state index contributed by atoms with van der Waals surface area (Å²) in [5.74, 6) is -3.37. The fourth-order valence-electron chi connectivity index (χ4n) is 8.57. The minimum atomic E-state index is -1.95. The van der Waals surface area contributed by atoms with Crippen LogP contribution in [0.25, 0.3) is 22.3 Å². The summed E-state index contributed by atoms with van der Waals surface area (Å²) in [5, 5.41) is 22.5. The van der Waals surface area contributed by atoms with E-state index in [1.54, 1.807) is 87.7 Å². The molecule has 7 amide bonds. The third-order valence-corrected chi connectivity index (χ3v) is 13.1. The van der Waals surface area contributed by atoms with E-state index in [0.717, 1.165) is 28.7 Å². The van der Waals surface area contributed by atoms with Crippen LogP contribution in [-0.2, 0) is 65.2 Å². The number of hydrogen-bond donors (Lipinski definition) is 6. The van der Waals surface area contributed by atoms with Gasteiger partial charge in [-0.15, -0.1) is 0 Å². The molecule has 75 heavy (non-hydrogen) atoms. The first-order valence-corrected chi connectivity index (χ1v) is 24.8. The number of carbonyl (C=O) groups excluding carboxylic acids is 8. The number of ether oxygens (including phenoxy) is 3. The average Bonchev–Trinajstić information content (AvgIpc) is 3.75. The van der Waals surface area contributed by atoms with Crippen molar-refractivity contribution in [3.8, 4) is 17.1 Å². The Morgan fingerprint density at radius 3 is 2.24 bits per heavy atom. The number of fused-ring (bicyclic) bond motifs is 5. The lowest BCUT2D eigenvalue weighted by Gasteiger charge is -2.31. The number of allylic oxidation sites excluding steroid dienone is 1. The number of nitrogens with two attached hydrogens (primary N) is 1. The van der Waals surface area contributed by atoms with E-state index in [1.807, 2.05) is 6.92 Å². The molecule has 0 saturated carbocycles. The van der Waals surface area contributed by atoms with Crippen molar-refractivity contribution in [3.63, 3.8) is 0 Å². The Bertz CT molecular complexity index is 2970. The molecule has 4 aromatic rings. The van der Waals surface area contributed by atoms with Crippen molar-refractivity contribution in [2.24, 2.45) is 17.6 Å². The van der Waals surface area contributed by atoms with Gasteiger partial charge in [-0.2, -0.15) is 0 Å². The van der Waals surface area contributed by atoms with E-state index in [0.29, 0.717) is 34.6 Å². The van der Waals surface area contributed by atoms with Crippen molar-refractivity contribution in [2.75, 3.05) is 39.0 Å². The molecule has 0 spiro atoms. The summed E-state index contributed by atoms with van der Waals surface area (Å²) in [4.78, 5) is 123. The van der Waals surface area contributed by atoms with Crippen LogP contribution >= 0.6 is 0 Å². The number of likely N-dealkylation sites (N-methyl/N-ethyl adjacent to an activating group) is 2. The number of aryl methyl sites for hydroxylation is 1. The zero-order valence-electron chi connectivity index (χ0n) is 43.4. The summed E-state index contributed by atoms with van der Waals surface area (Å²) < 4.78 is 18.0. The van der Waals surface area contributed by atoms with Gasteiger partial charge in [0.25, 0.3) is 5.56 Å². The predicted octanol–water partition coefficient (Wildman–Crippen LogP) is 4.14. The van der Waals surface area contributed by atoms with Crippen molar-refractivity contribution in [1.82, 2.24) is 35.3 Å². The van der Waals surface area contributed by atoms with Gasteiger partial charge in [0.15, 0.2) is 11.4 Å². The number of benzene rings is 2. The molecule has 0 radical (unpaired) electrons. The molecule has 2 aliphatic heterocycles. The molecular weight excluding hydrogens is 971 g/mol. The van der Waals surface area contributed by atoms with E-state index in [1.165, 1.54) is 23.9 Å². The molecule has 3 atom stereocenters. The number of rotatable bonds is 21. The Morgan fingerprint density at radius 2 is 1.60 bits per heavy atom. The number of aliphatic hydroxyl groups is 1. The first-order valence-electron chi connectivity index (χ1n) is 24.8. The van der Waals surface area contributed by atoms with Gasteiger partial charge in [-0.05, 0) is 85.2 Å². The van der Waals surface area contributed by atoms with Gasteiger partial charge < -0.3 is 60.7 Å². The number of esters is 1. The SMILES string of the molecule is CCc1c2c(nc3ccc(OC(=O)N(C)CCN(C)C(=O)OCc4ccc(NC(=O)[C@H](CCCNC(N)=O)NC(=O)[C@@H](NC(=O)/C=C/C(=O)C(C)C)C(C)C)cc4)cc13)-c1cc3c(c(=O)n1C2)COC(=O)[C@]3(O)CC. The van der Waals surface area contributed by atoms with Crippen molar-refractivity contribution in [1.29, 1.82) is 0 Å². The number of hydrogen-bond acceptors (Lipinski definition) is 14. The zero-order chi connectivity index (χ0) is 54.9. The molecule has 0 saturated heterocycles. The maximum atomic E-state index is 13.7. The molecule has 2 aromatic heterocycles. The van der Waals surface area contributed by atoms with E-state index in [4.69, 9.17) is 24.9 Å². The highest BCUT2D eigenvalue weighted by molar-refractivity contribution is 6.01. The molecule has 0 bridgehead atoms. The van der Waals surface area contributed by atoms with Crippen LogP contribution in [0.2, 0.25) is 0 Å². The first-order chi connectivity index (χ1) is 35.6. The molecule has 6 rings (SSSR count). The number of amides is 7. The van der Waals surface area contributed by atoms with E-state index in [2.05, 4.69) is 21.3 Å². The predicted molar refractivity (Wildman–Crippen MR) is 275 cm³/mol. The van der Waals surface area contributed by atoms with Crippen LogP contribution < -0.4 is 37.3 Å². The van der Waals surface area contributed by atoms with Crippen molar-refractivity contribution in [3.05, 3.63) is 98.9 Å². The van der Waals surface area contributed by atoms with E-state index in [-0.39, 0.29) is 98.7 Å². The number of anilines is 1. The monoisotopic (exact) mass is 1040 g/mol. The standard InChI is InChI=1S/C53H65N9O13/c1-9-34-35-24-33(17-18-39(35)57-45-36(34)26-62-41(45)25-38-37(48(62)67)28-73-49(68)53(38,72)10-2)75-52(71)61(8)23-22-60(7)51(70)74-27-31-13-15-32(16-14-31)56-46(65)40(12-11-21-55-50(54)69)58-47(66)44(30(5)6)59-43(64)20-19-42(63)29(3)4/h13-20,24-25,29-30,40,44,72H,9-12,21-23,26-28H2,1-8H3,(H,56,65)(H,58,66)(H,59,64)(H3,54,55,69)/b20-19+/t40-,44-,53-/m0/s1. The number of nitrogens with one attached hydrogen (secondary N) is 4. The maximum Gasteiger partial charge on any atom is 0.415 e. The van der Waals surface area contributed by atoms with Gasteiger partial charge in [-0.1, -0.05) is 53.7 Å². The number of primary amides is 1. The number of cyclic esters (lactones) is 1. The molecule has 2 aromatic carbocycles. The number of ketones is 1. The van der Waals surface area contributed by atoms with E-state index >= 15 is 0 Å². The van der Waals surface area contributed by atoms with E-state index < -0.39 is 59.6 Å². The van der Waals surface area contributed by atoms with Crippen LogP contribution in [0.3, 0.4) is 0 Å². The number of aromatic nitrogens is 2. The van der Waals surface area contributed by atoms with Gasteiger partial charge in [0.1, 0.15) is 31.0 Å². The number of nitrogens with zero attached hydrogens (tertiary/aromatic N) is 4. The number of urea groups is 1. The first kappa shape index (κ1) is 56.2. The molecular formula is C53H65N9O13. The molecule has 4 heterocycles. The maximum absolute atomic E-state index is 13.7. The fourth-order valence-corrected chi connectivity index (χ4v) is 8.57. The normalized spacial score (nSPS) is 15.3. The molecule has 22 nitrogen and oxygen atoms in total. The smallest absolute Gasteiger partial charge is 0.415 e. The van der Waals surface area contributed by atoms with Crippen LogP contribution in [-0.4, -0.2) is 118 Å². The Morgan fingerprint density at radius 1 is 0.907 bits per heavy atom. The average molecular weight is 1040 g/mol. The third-order valence-electron chi connectivity index (χ3n) is 13.1. The van der Waals surface area contributed by atoms with Crippen LogP contribution in [0.5, 0.6) is 5.75 Å². The summed E-state index contributed by atoms with van der Waals surface area (Å²) in [6.45, 7) is 10.6. The van der Waals surface area contributed by atoms with Gasteiger partial charge in [-0.25, -0.2) is 24.2 Å². The Labute approximate surface area is 433 Å². The van der Waals surface area contributed by atoms with Crippen LogP contribution in [0, 0.1) is 11.8 Å². The van der Waals surface area contributed by atoms with Gasteiger partial charge >= 0.3 is 24.2 Å². The molecule has 0 aliphatic carbocycles. The highest BCUT2D eigenvalue weighted by atomic mass is 16.6. The summed E-state index contributed by atoms with van der Waals surface area (Å²) in [7, 11) is 3.05. The van der Waals surface area contributed by atoms with Gasteiger partial charge in [0, 0.05) is 67.9 Å². The zero-order valence-corrected chi connectivity index (χ0v) is 43.4. The molecule has 7 N–H and O–H groups in total. The topological polar surface area (TPSA) is 300 Å². The second kappa shape index (κ2) is 24.3. The molecule has 0 unspecified atom stereocenters. The largest absolute Gasteiger partial charge is 0.458 e. The van der Waals surface area contributed by atoms with Gasteiger partial charge in [-0.3, -0.25) is 24.0 Å². The quantitative estimate of drug-likeness (QED) is 0.0342. The number of carbonyl (C=O) groups is 8. The summed E-state index contributed by atoms with van der Waals surface area (Å²) in [6.07, 6.45) is 1.82. The Balaban J connectivity index is 1.01. The molecule has 400 valence electrons. The van der Waals surface area contributed by atoms with Crippen LogP contribution in [0.4, 0.5) is 20.1 Å². The molecule has 0 fully saturated rings. The van der Waals surface area contributed by atoms with Crippen molar-refractivity contribution in [2.45, 2.75) is 105 Å². The summed E-state index contributed by atoms with van der Waals surface area (Å²) in [5.41, 5.74) is 7.63. The summed E-state index contributed by atoms with van der Waals surface area (Å²) in [6, 6.07) is 10.3. The van der Waals surface area contributed by atoms with Gasteiger partial charge in [0.2, 0.25) is 17.7 Å². The minimum absolute atomic E-state index is 0.0266. The lowest BCUT2D eigenvalue weighted by Crippen LogP contribution is -2.54. The third kappa shape index (κ3) is 13.2. The van der Waals surface area contributed by atoms with Gasteiger partial charge in [0.05, 0.1) is 29.0 Å². The highest BCUT2D eigenvalue weighted by Gasteiger charge is 2.45. The lowest BCUT2D eigenvalue weighted by molar-refractivity contribution is -0.172. The second-order valence-corrected chi connectivity index (χ2v) is 19.1. The lowest BCUT2D eigenvalue weighted by atomic mass is 9.86. The van der Waals surface area contributed by atoms with Crippen molar-refractivity contribution >= 4 is 64.3 Å². The number of pyridine rings is 2. The minimum Gasteiger partial charge on any atom is -0.458 e. The summed E-state index contributed by atoms with van der Waals surface area (Å²) >= 11 is 0. The highest BCUT2D eigenvalue weighted by Crippen LogP contribution is 2.41. The van der Waals surface area contributed by atoms with E-state index in [9.17, 15) is 48.3 Å². The Kier molecular flexibility index (Phi) is 18.2. The van der Waals surface area contributed by atoms with Crippen LogP contribution in [0.15, 0.2) is 65.5 Å². The fraction of sp³-hybridized carbons (Fsp3) is 0.434. The molecule has 2 aliphatic rings. The second-order valence-electron chi connectivity index (χ2n) is 19.1. The Hall–Kier alpha value is -8.14. The van der Waals surface area contributed by atoms with Crippen LogP contribution in [0.1, 0.15) is 88.6 Å². The molecule has 22 heteroatoms.